The SMILES string of the molecule is Cc1c(NC(=O)OC(C)(C)C)ccc2oc(C(C(N)=O)[C@H](N)C(=O)O)nc(=O)c12. The van der Waals surface area contributed by atoms with Crippen LogP contribution in [0.2, 0.25) is 0 Å². The van der Waals surface area contributed by atoms with Gasteiger partial charge >= 0.3 is 12.1 Å². The molecule has 11 nitrogen and oxygen atoms in total. The summed E-state index contributed by atoms with van der Waals surface area (Å²) in [5.41, 5.74) is 9.86. The number of rotatable bonds is 5. The first-order valence-corrected chi connectivity index (χ1v) is 8.54. The van der Waals surface area contributed by atoms with E-state index in [4.69, 9.17) is 25.7 Å². The molecule has 0 saturated heterocycles. The maximum absolute atomic E-state index is 12.6. The van der Waals surface area contributed by atoms with Crippen LogP contribution in [-0.2, 0) is 14.3 Å². The van der Waals surface area contributed by atoms with E-state index in [0.29, 0.717) is 11.3 Å². The van der Waals surface area contributed by atoms with Gasteiger partial charge in [-0.15, -0.1) is 0 Å². The minimum atomic E-state index is -1.74. The summed E-state index contributed by atoms with van der Waals surface area (Å²) in [6.07, 6.45) is -0.713. The average molecular weight is 406 g/mol. The molecule has 2 atom stereocenters. The standard InChI is InChI=1S/C18H22N4O7/c1-7-8(21-17(27)29-18(2,3)4)5-6-9-10(7)14(24)22-15(28-9)11(13(20)23)12(19)16(25)26/h5-6,11-12H,19H2,1-4H3,(H2,20,23)(H,21,27)(H,25,26)/t11?,12-/m0/s1. The number of primary amides is 1. The fourth-order valence-corrected chi connectivity index (χ4v) is 2.61. The van der Waals surface area contributed by atoms with Crippen molar-refractivity contribution >= 4 is 34.6 Å². The van der Waals surface area contributed by atoms with E-state index in [1.165, 1.54) is 12.1 Å². The van der Waals surface area contributed by atoms with Gasteiger partial charge in [0, 0.05) is 5.69 Å². The highest BCUT2D eigenvalue weighted by atomic mass is 16.6. The van der Waals surface area contributed by atoms with Gasteiger partial charge in [-0.25, -0.2) is 4.79 Å². The fraction of sp³-hybridized carbons (Fsp3) is 0.389. The number of nitrogens with zero attached hydrogens (tertiary/aromatic N) is 1. The van der Waals surface area contributed by atoms with Crippen molar-refractivity contribution in [3.63, 3.8) is 0 Å². The van der Waals surface area contributed by atoms with Gasteiger partial charge < -0.3 is 25.7 Å². The molecule has 1 aromatic heterocycles. The third kappa shape index (κ3) is 4.88. The average Bonchev–Trinajstić information content (AvgIpc) is 2.55. The molecule has 1 aromatic carbocycles. The molecular formula is C18H22N4O7. The second-order valence-electron chi connectivity index (χ2n) is 7.34. The molecule has 0 radical (unpaired) electrons. The zero-order valence-corrected chi connectivity index (χ0v) is 16.3. The number of carbonyl (C=O) groups is 3. The summed E-state index contributed by atoms with van der Waals surface area (Å²) < 4.78 is 10.6. The first-order chi connectivity index (χ1) is 13.3. The Morgan fingerprint density at radius 1 is 1.28 bits per heavy atom. The predicted molar refractivity (Wildman–Crippen MR) is 102 cm³/mol. The maximum atomic E-state index is 12.6. The number of hydrogen-bond acceptors (Lipinski definition) is 8. The summed E-state index contributed by atoms with van der Waals surface area (Å²) in [4.78, 5) is 51.0. The Morgan fingerprint density at radius 3 is 2.41 bits per heavy atom. The van der Waals surface area contributed by atoms with Crippen LogP contribution >= 0.6 is 0 Å². The summed E-state index contributed by atoms with van der Waals surface area (Å²) in [5, 5.41) is 11.6. The van der Waals surface area contributed by atoms with Crippen LogP contribution in [0.3, 0.4) is 0 Å². The molecule has 0 aliphatic carbocycles. The Morgan fingerprint density at radius 2 is 1.90 bits per heavy atom. The molecule has 11 heteroatoms. The fourth-order valence-electron chi connectivity index (χ4n) is 2.61. The molecule has 6 N–H and O–H groups in total. The molecule has 2 rings (SSSR count). The molecule has 0 aliphatic rings. The van der Waals surface area contributed by atoms with E-state index >= 15 is 0 Å². The quantitative estimate of drug-likeness (QED) is 0.557. The van der Waals surface area contributed by atoms with Gasteiger partial charge in [-0.05, 0) is 45.4 Å². The van der Waals surface area contributed by atoms with Gasteiger partial charge in [0.15, 0.2) is 0 Å². The van der Waals surface area contributed by atoms with Crippen molar-refractivity contribution < 1.29 is 28.6 Å². The van der Waals surface area contributed by atoms with E-state index < -0.39 is 47.0 Å². The second-order valence-corrected chi connectivity index (χ2v) is 7.34. The molecule has 0 aliphatic heterocycles. The minimum absolute atomic E-state index is 0.0241. The molecule has 2 amide bonds. The van der Waals surface area contributed by atoms with Gasteiger partial charge in [-0.3, -0.25) is 19.7 Å². The number of nitrogens with two attached hydrogens (primary N) is 2. The van der Waals surface area contributed by atoms with Crippen LogP contribution in [0.25, 0.3) is 11.0 Å². The third-order valence-corrected chi connectivity index (χ3v) is 3.92. The number of aromatic nitrogens is 1. The number of anilines is 1. The van der Waals surface area contributed by atoms with E-state index in [1.807, 2.05) is 0 Å². The van der Waals surface area contributed by atoms with E-state index in [-0.39, 0.29) is 11.0 Å². The number of carboxylic acids is 1. The minimum Gasteiger partial charge on any atom is -0.480 e. The highest BCUT2D eigenvalue weighted by Crippen LogP contribution is 2.26. The van der Waals surface area contributed by atoms with E-state index in [9.17, 15) is 19.2 Å². The van der Waals surface area contributed by atoms with Crippen molar-refractivity contribution in [3.05, 3.63) is 33.9 Å². The lowest BCUT2D eigenvalue weighted by atomic mass is 9.99. The Balaban J connectivity index is 2.51. The molecule has 2 aromatic rings. The van der Waals surface area contributed by atoms with Crippen LogP contribution in [0.15, 0.2) is 21.3 Å². The number of nitrogens with one attached hydrogen (secondary N) is 1. The maximum Gasteiger partial charge on any atom is 0.412 e. The van der Waals surface area contributed by atoms with Crippen molar-refractivity contribution in [3.8, 4) is 0 Å². The van der Waals surface area contributed by atoms with Crippen LogP contribution in [0.5, 0.6) is 0 Å². The van der Waals surface area contributed by atoms with Crippen molar-refractivity contribution in [2.75, 3.05) is 5.32 Å². The van der Waals surface area contributed by atoms with Gasteiger partial charge in [0.2, 0.25) is 11.8 Å². The molecule has 0 bridgehead atoms. The number of aryl methyl sites for hydroxylation is 1. The normalized spacial score (nSPS) is 13.6. The molecule has 0 spiro atoms. The largest absolute Gasteiger partial charge is 0.480 e. The van der Waals surface area contributed by atoms with Gasteiger partial charge in [0.05, 0.1) is 5.39 Å². The first-order valence-electron chi connectivity index (χ1n) is 8.54. The zero-order chi connectivity index (χ0) is 22.1. The monoisotopic (exact) mass is 406 g/mol. The lowest BCUT2D eigenvalue weighted by Gasteiger charge is -2.20. The summed E-state index contributed by atoms with van der Waals surface area (Å²) in [7, 11) is 0. The Bertz CT molecular complexity index is 1040. The number of ether oxygens (including phenoxy) is 1. The summed E-state index contributed by atoms with van der Waals surface area (Å²) in [6.45, 7) is 6.67. The molecule has 1 heterocycles. The van der Waals surface area contributed by atoms with Crippen LogP contribution in [0.1, 0.15) is 38.1 Å². The van der Waals surface area contributed by atoms with Crippen molar-refractivity contribution in [1.29, 1.82) is 0 Å². The number of carbonyl (C=O) groups excluding carboxylic acids is 2. The Kier molecular flexibility index (Phi) is 5.93. The highest BCUT2D eigenvalue weighted by molar-refractivity contribution is 5.93. The number of aliphatic carboxylic acids is 1. The number of carboxylic acid groups (broad SMARTS) is 1. The predicted octanol–water partition coefficient (Wildman–Crippen LogP) is 0.824. The number of fused-ring (bicyclic) bond motifs is 1. The lowest BCUT2D eigenvalue weighted by molar-refractivity contribution is -0.141. The van der Waals surface area contributed by atoms with Crippen LogP contribution in [0, 0.1) is 6.92 Å². The molecule has 29 heavy (non-hydrogen) atoms. The van der Waals surface area contributed by atoms with Gasteiger partial charge in [0.1, 0.15) is 23.1 Å². The van der Waals surface area contributed by atoms with Crippen LogP contribution in [0.4, 0.5) is 10.5 Å². The van der Waals surface area contributed by atoms with Gasteiger partial charge in [-0.1, -0.05) is 0 Å². The molecule has 156 valence electrons. The number of hydrogen-bond donors (Lipinski definition) is 4. The highest BCUT2D eigenvalue weighted by Gasteiger charge is 2.35. The molecule has 0 saturated carbocycles. The number of amides is 2. The Labute approximate surface area is 165 Å². The molecule has 1 unspecified atom stereocenters. The zero-order valence-electron chi connectivity index (χ0n) is 16.3. The topological polar surface area (TPSA) is 188 Å². The first kappa shape index (κ1) is 21.8. The van der Waals surface area contributed by atoms with E-state index in [0.717, 1.165) is 0 Å². The Hall–Kier alpha value is -3.47. The molecular weight excluding hydrogens is 384 g/mol. The summed E-state index contributed by atoms with van der Waals surface area (Å²) in [5.74, 6) is -4.75. The molecule has 0 fully saturated rings. The van der Waals surface area contributed by atoms with E-state index in [1.54, 1.807) is 27.7 Å². The van der Waals surface area contributed by atoms with Crippen molar-refractivity contribution in [2.24, 2.45) is 11.5 Å². The van der Waals surface area contributed by atoms with Crippen LogP contribution < -0.4 is 22.3 Å². The third-order valence-electron chi connectivity index (χ3n) is 3.92. The second kappa shape index (κ2) is 7.87. The van der Waals surface area contributed by atoms with Crippen molar-refractivity contribution in [1.82, 2.24) is 4.98 Å². The van der Waals surface area contributed by atoms with Gasteiger partial charge in [-0.2, -0.15) is 4.98 Å². The van der Waals surface area contributed by atoms with Crippen LogP contribution in [-0.4, -0.2) is 39.7 Å². The summed E-state index contributed by atoms with van der Waals surface area (Å²) in [6, 6.07) is 1.09. The number of benzene rings is 1. The smallest absolute Gasteiger partial charge is 0.412 e. The summed E-state index contributed by atoms with van der Waals surface area (Å²) >= 11 is 0. The van der Waals surface area contributed by atoms with Crippen molar-refractivity contribution in [2.45, 2.75) is 45.3 Å². The lowest BCUT2D eigenvalue weighted by Crippen LogP contribution is -2.43. The van der Waals surface area contributed by atoms with E-state index in [2.05, 4.69) is 10.3 Å². The van der Waals surface area contributed by atoms with Gasteiger partial charge in [0.25, 0.3) is 5.56 Å².